The van der Waals surface area contributed by atoms with Gasteiger partial charge in [0.05, 0.1) is 5.56 Å². The molecule has 0 radical (unpaired) electrons. The van der Waals surface area contributed by atoms with Crippen LogP contribution in [0.5, 0.6) is 0 Å². The van der Waals surface area contributed by atoms with E-state index < -0.39 is 11.7 Å². The molecule has 0 aliphatic rings. The smallest absolute Gasteiger partial charge is 0.370 e. The van der Waals surface area contributed by atoms with E-state index >= 15 is 0 Å². The van der Waals surface area contributed by atoms with E-state index in [-0.39, 0.29) is 0 Å². The van der Waals surface area contributed by atoms with E-state index in [9.17, 15) is 18.0 Å². The Morgan fingerprint density at radius 2 is 1.81 bits per heavy atom. The van der Waals surface area contributed by atoms with Crippen LogP contribution in [0.15, 0.2) is 48.5 Å². The van der Waals surface area contributed by atoms with Crippen LogP contribution in [0.3, 0.4) is 0 Å². The number of benzene rings is 2. The molecular weight excluding hydrogens is 279 g/mol. The van der Waals surface area contributed by atoms with Gasteiger partial charge in [0.1, 0.15) is 6.29 Å². The first-order valence-corrected chi connectivity index (χ1v) is 6.32. The summed E-state index contributed by atoms with van der Waals surface area (Å²) in [6.07, 6.45) is -3.60. The minimum absolute atomic E-state index is 0.326. The average Bonchev–Trinajstić information content (AvgIpc) is 2.46. The summed E-state index contributed by atoms with van der Waals surface area (Å²) in [5, 5.41) is 0. The molecule has 2 nitrogen and oxygen atoms in total. The van der Waals surface area contributed by atoms with Gasteiger partial charge in [-0.05, 0) is 29.8 Å². The second-order valence-electron chi connectivity index (χ2n) is 4.77. The Labute approximate surface area is 120 Å². The minimum atomic E-state index is -4.34. The maximum Gasteiger partial charge on any atom is 0.416 e. The Morgan fingerprint density at radius 3 is 2.48 bits per heavy atom. The van der Waals surface area contributed by atoms with Crippen molar-refractivity contribution in [2.45, 2.75) is 12.7 Å². The zero-order valence-electron chi connectivity index (χ0n) is 11.4. The topological polar surface area (TPSA) is 20.3 Å². The molecule has 0 aliphatic heterocycles. The first kappa shape index (κ1) is 15.1. The van der Waals surface area contributed by atoms with Crippen molar-refractivity contribution >= 4 is 12.0 Å². The molecule has 0 unspecified atom stereocenters. The van der Waals surface area contributed by atoms with E-state index in [2.05, 4.69) is 0 Å². The van der Waals surface area contributed by atoms with E-state index in [1.807, 2.05) is 0 Å². The van der Waals surface area contributed by atoms with Gasteiger partial charge in [-0.2, -0.15) is 13.2 Å². The van der Waals surface area contributed by atoms with Gasteiger partial charge in [-0.25, -0.2) is 0 Å². The Hall–Kier alpha value is -2.30. The standard InChI is InChI=1S/C16H14F3NO/c1-20(15-7-3-5-13(9-15)11-21)10-12-4-2-6-14(8-12)16(17,18)19/h2-9,11H,10H2,1H3. The van der Waals surface area contributed by atoms with Gasteiger partial charge in [0.25, 0.3) is 0 Å². The van der Waals surface area contributed by atoms with Crippen LogP contribution in [0.25, 0.3) is 0 Å². The summed E-state index contributed by atoms with van der Waals surface area (Å²) in [5.74, 6) is 0. The Kier molecular flexibility index (Phi) is 4.31. The van der Waals surface area contributed by atoms with E-state index in [4.69, 9.17) is 0 Å². The lowest BCUT2D eigenvalue weighted by Crippen LogP contribution is -2.17. The van der Waals surface area contributed by atoms with Crippen molar-refractivity contribution < 1.29 is 18.0 Å². The third-order valence-corrected chi connectivity index (χ3v) is 3.12. The van der Waals surface area contributed by atoms with Crippen molar-refractivity contribution in [1.82, 2.24) is 0 Å². The quantitative estimate of drug-likeness (QED) is 0.789. The molecule has 0 fully saturated rings. The van der Waals surface area contributed by atoms with Crippen LogP contribution in [-0.2, 0) is 12.7 Å². The number of nitrogens with zero attached hydrogens (tertiary/aromatic N) is 1. The molecule has 2 aromatic rings. The number of halogens is 3. The van der Waals surface area contributed by atoms with E-state index in [0.29, 0.717) is 17.7 Å². The molecule has 0 amide bonds. The summed E-state index contributed by atoms with van der Waals surface area (Å²) in [6.45, 7) is 0.326. The van der Waals surface area contributed by atoms with E-state index in [1.165, 1.54) is 6.07 Å². The predicted molar refractivity (Wildman–Crippen MR) is 75.4 cm³/mol. The summed E-state index contributed by atoms with van der Waals surface area (Å²) >= 11 is 0. The lowest BCUT2D eigenvalue weighted by molar-refractivity contribution is -0.137. The average molecular weight is 293 g/mol. The second-order valence-corrected chi connectivity index (χ2v) is 4.77. The molecule has 21 heavy (non-hydrogen) atoms. The van der Waals surface area contributed by atoms with Gasteiger partial charge >= 0.3 is 6.18 Å². The van der Waals surface area contributed by atoms with Crippen LogP contribution < -0.4 is 4.90 Å². The zero-order chi connectivity index (χ0) is 15.5. The maximum atomic E-state index is 12.7. The first-order chi connectivity index (χ1) is 9.90. The van der Waals surface area contributed by atoms with Gasteiger partial charge in [-0.15, -0.1) is 0 Å². The molecule has 0 heterocycles. The molecule has 0 spiro atoms. The minimum Gasteiger partial charge on any atom is -0.370 e. The van der Waals surface area contributed by atoms with Crippen molar-refractivity contribution in [3.63, 3.8) is 0 Å². The molecule has 0 atom stereocenters. The number of hydrogen-bond donors (Lipinski definition) is 0. The summed E-state index contributed by atoms with van der Waals surface area (Å²) in [7, 11) is 1.77. The normalized spacial score (nSPS) is 11.2. The van der Waals surface area contributed by atoms with Crippen molar-refractivity contribution in [3.8, 4) is 0 Å². The molecule has 0 bridgehead atoms. The Bertz CT molecular complexity index is 637. The Morgan fingerprint density at radius 1 is 1.10 bits per heavy atom. The van der Waals surface area contributed by atoms with Gasteiger partial charge in [-0.1, -0.05) is 24.3 Å². The van der Waals surface area contributed by atoms with Crippen LogP contribution in [0.4, 0.5) is 18.9 Å². The van der Waals surface area contributed by atoms with Crippen LogP contribution in [-0.4, -0.2) is 13.3 Å². The van der Waals surface area contributed by atoms with Gasteiger partial charge in [0, 0.05) is 24.8 Å². The predicted octanol–water partition coefficient (Wildman–Crippen LogP) is 4.15. The molecule has 5 heteroatoms. The van der Waals surface area contributed by atoms with Crippen molar-refractivity contribution in [2.24, 2.45) is 0 Å². The first-order valence-electron chi connectivity index (χ1n) is 6.32. The molecule has 2 rings (SSSR count). The van der Waals surface area contributed by atoms with Crippen molar-refractivity contribution in [3.05, 3.63) is 65.2 Å². The maximum absolute atomic E-state index is 12.7. The number of carbonyl (C=O) groups is 1. The third kappa shape index (κ3) is 3.84. The fraction of sp³-hybridized carbons (Fsp3) is 0.188. The van der Waals surface area contributed by atoms with Gasteiger partial charge in [0.15, 0.2) is 0 Å². The second kappa shape index (κ2) is 5.99. The highest BCUT2D eigenvalue weighted by Crippen LogP contribution is 2.30. The fourth-order valence-corrected chi connectivity index (χ4v) is 2.05. The molecule has 2 aromatic carbocycles. The highest BCUT2D eigenvalue weighted by molar-refractivity contribution is 5.77. The number of alkyl halides is 3. The SMILES string of the molecule is CN(Cc1cccc(C(F)(F)F)c1)c1cccc(C=O)c1. The highest BCUT2D eigenvalue weighted by atomic mass is 19.4. The number of anilines is 1. The largest absolute Gasteiger partial charge is 0.416 e. The molecule has 0 aromatic heterocycles. The number of aldehydes is 1. The van der Waals surface area contributed by atoms with Crippen molar-refractivity contribution in [2.75, 3.05) is 11.9 Å². The Balaban J connectivity index is 2.19. The summed E-state index contributed by atoms with van der Waals surface area (Å²) in [4.78, 5) is 12.5. The van der Waals surface area contributed by atoms with Gasteiger partial charge < -0.3 is 4.90 Å². The fourth-order valence-electron chi connectivity index (χ4n) is 2.05. The third-order valence-electron chi connectivity index (χ3n) is 3.12. The van der Waals surface area contributed by atoms with Crippen molar-refractivity contribution in [1.29, 1.82) is 0 Å². The van der Waals surface area contributed by atoms with Crippen LogP contribution in [0, 0.1) is 0 Å². The molecule has 0 saturated carbocycles. The molecule has 110 valence electrons. The number of hydrogen-bond acceptors (Lipinski definition) is 2. The number of rotatable bonds is 4. The molecule has 0 N–H and O–H groups in total. The van der Waals surface area contributed by atoms with E-state index in [1.54, 1.807) is 42.3 Å². The highest BCUT2D eigenvalue weighted by Gasteiger charge is 2.30. The number of carbonyl (C=O) groups excluding carboxylic acids is 1. The lowest BCUT2D eigenvalue weighted by Gasteiger charge is -2.20. The van der Waals surface area contributed by atoms with Crippen LogP contribution >= 0.6 is 0 Å². The molecule has 0 saturated heterocycles. The molecule has 0 aliphatic carbocycles. The summed E-state index contributed by atoms with van der Waals surface area (Å²) in [5.41, 5.74) is 1.21. The van der Waals surface area contributed by atoms with E-state index in [0.717, 1.165) is 24.1 Å². The van der Waals surface area contributed by atoms with Crippen LogP contribution in [0.2, 0.25) is 0 Å². The van der Waals surface area contributed by atoms with Gasteiger partial charge in [0.2, 0.25) is 0 Å². The summed E-state index contributed by atoms with van der Waals surface area (Å²) < 4.78 is 38.0. The molecular formula is C16H14F3NO. The van der Waals surface area contributed by atoms with Gasteiger partial charge in [-0.3, -0.25) is 4.79 Å². The summed E-state index contributed by atoms with van der Waals surface area (Å²) in [6, 6.07) is 12.2. The lowest BCUT2D eigenvalue weighted by atomic mass is 10.1. The van der Waals surface area contributed by atoms with Crippen LogP contribution in [0.1, 0.15) is 21.5 Å². The monoisotopic (exact) mass is 293 g/mol. The zero-order valence-corrected chi connectivity index (χ0v) is 11.4.